The molecule has 27 heavy (non-hydrogen) atoms. The number of phenolic OH excluding ortho intramolecular Hbond substituents is 2. The molecule has 0 unspecified atom stereocenters. The monoisotopic (exact) mass is 401 g/mol. The number of hydrogen-bond donors (Lipinski definition) is 3. The summed E-state index contributed by atoms with van der Waals surface area (Å²) in [5.41, 5.74) is 1.19. The minimum Gasteiger partial charge on any atom is -0.504 e. The van der Waals surface area contributed by atoms with Gasteiger partial charge in [-0.3, -0.25) is 14.5 Å². The van der Waals surface area contributed by atoms with Crippen LogP contribution >= 0.6 is 24.0 Å². The van der Waals surface area contributed by atoms with Crippen LogP contribution in [0.2, 0.25) is 0 Å². The molecule has 0 bridgehead atoms. The summed E-state index contributed by atoms with van der Waals surface area (Å²) in [5, 5.41) is 28.3. The molecule has 2 aromatic carbocycles. The summed E-state index contributed by atoms with van der Waals surface area (Å²) in [4.78, 5) is 25.9. The van der Waals surface area contributed by atoms with Gasteiger partial charge < -0.3 is 15.3 Å². The number of carbonyl (C=O) groups is 2. The zero-order valence-corrected chi connectivity index (χ0v) is 15.5. The Morgan fingerprint density at radius 1 is 1.15 bits per heavy atom. The lowest BCUT2D eigenvalue weighted by Gasteiger charge is -2.26. The zero-order valence-electron chi connectivity index (χ0n) is 13.9. The number of carboxylic acid groups (broad SMARTS) is 1. The summed E-state index contributed by atoms with van der Waals surface area (Å²) in [6.45, 7) is 0. The van der Waals surface area contributed by atoms with Crippen molar-refractivity contribution in [2.24, 2.45) is 0 Å². The van der Waals surface area contributed by atoms with E-state index in [1.165, 1.54) is 17.0 Å². The van der Waals surface area contributed by atoms with Crippen LogP contribution in [0.4, 0.5) is 0 Å². The first kappa shape index (κ1) is 18.9. The van der Waals surface area contributed by atoms with Crippen LogP contribution in [0.25, 0.3) is 6.08 Å². The number of carboxylic acids is 1. The molecule has 1 aliphatic heterocycles. The molecule has 0 spiro atoms. The second-order valence-electron chi connectivity index (χ2n) is 5.82. The van der Waals surface area contributed by atoms with Crippen molar-refractivity contribution in [3.05, 3.63) is 64.6 Å². The van der Waals surface area contributed by atoms with Crippen LogP contribution in [-0.4, -0.2) is 36.4 Å². The Labute approximate surface area is 164 Å². The van der Waals surface area contributed by atoms with Crippen LogP contribution in [0.15, 0.2) is 53.4 Å². The number of thioether (sulfide) groups is 1. The fraction of sp³-hybridized carbons (Fsp3) is 0.105. The lowest BCUT2D eigenvalue weighted by molar-refractivity contribution is -0.138. The summed E-state index contributed by atoms with van der Waals surface area (Å²) in [7, 11) is 0. The minimum atomic E-state index is -1.04. The summed E-state index contributed by atoms with van der Waals surface area (Å²) < 4.78 is 0.268. The summed E-state index contributed by atoms with van der Waals surface area (Å²) >= 11 is 6.40. The standard InChI is InChI=1S/C19H15NO5S2/c21-14-7-6-11(8-15(14)22)9-16-18(25)20(19(26)27-16)13(10-17(23)24)12-4-2-1-3-5-12/h1-9,13,21-22H,10H2,(H,23,24)/b16-9+/t13-/m1/s1. The molecule has 1 atom stereocenters. The number of benzene rings is 2. The van der Waals surface area contributed by atoms with E-state index in [1.807, 2.05) is 6.07 Å². The first-order chi connectivity index (χ1) is 12.9. The Morgan fingerprint density at radius 2 is 1.85 bits per heavy atom. The molecule has 0 aliphatic carbocycles. The number of thiocarbonyl (C=S) groups is 1. The third-order valence-corrected chi connectivity index (χ3v) is 5.32. The van der Waals surface area contributed by atoms with Crippen molar-refractivity contribution >= 4 is 46.3 Å². The molecular weight excluding hydrogens is 386 g/mol. The number of rotatable bonds is 5. The van der Waals surface area contributed by atoms with Crippen molar-refractivity contribution in [3.8, 4) is 11.5 Å². The second kappa shape index (κ2) is 7.81. The molecule has 0 aromatic heterocycles. The smallest absolute Gasteiger partial charge is 0.305 e. The third-order valence-electron chi connectivity index (χ3n) is 3.98. The van der Waals surface area contributed by atoms with E-state index in [0.29, 0.717) is 16.0 Å². The van der Waals surface area contributed by atoms with Gasteiger partial charge >= 0.3 is 5.97 Å². The van der Waals surface area contributed by atoms with Crippen molar-refractivity contribution in [1.29, 1.82) is 0 Å². The van der Waals surface area contributed by atoms with Crippen molar-refractivity contribution < 1.29 is 24.9 Å². The van der Waals surface area contributed by atoms with E-state index in [1.54, 1.807) is 36.4 Å². The molecule has 1 aliphatic rings. The summed E-state index contributed by atoms with van der Waals surface area (Å²) in [6.07, 6.45) is 1.27. The van der Waals surface area contributed by atoms with Crippen LogP contribution < -0.4 is 0 Å². The highest BCUT2D eigenvalue weighted by atomic mass is 32.2. The highest BCUT2D eigenvalue weighted by Gasteiger charge is 2.38. The van der Waals surface area contributed by atoms with Gasteiger partial charge in [0.2, 0.25) is 0 Å². The summed E-state index contributed by atoms with van der Waals surface area (Å²) in [6, 6.07) is 12.4. The van der Waals surface area contributed by atoms with Gasteiger partial charge in [-0.15, -0.1) is 0 Å². The zero-order chi connectivity index (χ0) is 19.6. The van der Waals surface area contributed by atoms with Crippen LogP contribution in [0.3, 0.4) is 0 Å². The average molecular weight is 401 g/mol. The van der Waals surface area contributed by atoms with E-state index in [9.17, 15) is 24.9 Å². The van der Waals surface area contributed by atoms with Crippen molar-refractivity contribution in [2.45, 2.75) is 12.5 Å². The van der Waals surface area contributed by atoms with Gasteiger partial charge in [-0.25, -0.2) is 0 Å². The minimum absolute atomic E-state index is 0.259. The number of aromatic hydroxyl groups is 2. The van der Waals surface area contributed by atoms with Crippen molar-refractivity contribution in [3.63, 3.8) is 0 Å². The number of aliphatic carboxylic acids is 1. The molecule has 3 N–H and O–H groups in total. The average Bonchev–Trinajstić information content (AvgIpc) is 2.90. The molecular formula is C19H15NO5S2. The number of phenols is 2. The summed E-state index contributed by atoms with van der Waals surface area (Å²) in [5.74, 6) is -1.99. The first-order valence-corrected chi connectivity index (χ1v) is 9.15. The van der Waals surface area contributed by atoms with Crippen LogP contribution in [0, 0.1) is 0 Å². The first-order valence-electron chi connectivity index (χ1n) is 7.92. The Bertz CT molecular complexity index is 942. The molecule has 1 fully saturated rings. The number of hydrogen-bond acceptors (Lipinski definition) is 6. The van der Waals surface area contributed by atoms with E-state index in [4.69, 9.17) is 12.2 Å². The fourth-order valence-corrected chi connectivity index (χ4v) is 4.09. The SMILES string of the molecule is O=C(O)C[C@H](c1ccccc1)N1C(=O)/C(=C\c2ccc(O)c(O)c2)SC1=S. The molecule has 1 heterocycles. The Kier molecular flexibility index (Phi) is 5.48. The van der Waals surface area contributed by atoms with E-state index in [-0.39, 0.29) is 22.2 Å². The molecule has 0 radical (unpaired) electrons. The van der Waals surface area contributed by atoms with Gasteiger partial charge in [0.15, 0.2) is 11.5 Å². The Balaban J connectivity index is 1.95. The maximum Gasteiger partial charge on any atom is 0.305 e. The highest BCUT2D eigenvalue weighted by molar-refractivity contribution is 8.26. The second-order valence-corrected chi connectivity index (χ2v) is 7.50. The van der Waals surface area contributed by atoms with Gasteiger partial charge in [-0.05, 0) is 29.3 Å². The van der Waals surface area contributed by atoms with Gasteiger partial charge in [0.1, 0.15) is 4.32 Å². The van der Waals surface area contributed by atoms with E-state index in [2.05, 4.69) is 0 Å². The molecule has 6 nitrogen and oxygen atoms in total. The lowest BCUT2D eigenvalue weighted by atomic mass is 10.0. The predicted octanol–water partition coefficient (Wildman–Crippen LogP) is 3.52. The quantitative estimate of drug-likeness (QED) is 0.401. The van der Waals surface area contributed by atoms with Gasteiger partial charge in [-0.2, -0.15) is 0 Å². The molecule has 1 saturated heterocycles. The van der Waals surface area contributed by atoms with E-state index < -0.39 is 17.9 Å². The van der Waals surface area contributed by atoms with E-state index in [0.717, 1.165) is 11.8 Å². The number of nitrogens with zero attached hydrogens (tertiary/aromatic N) is 1. The number of amides is 1. The lowest BCUT2D eigenvalue weighted by Crippen LogP contribution is -2.34. The normalized spacial score (nSPS) is 16.7. The maximum absolute atomic E-state index is 12.9. The molecule has 138 valence electrons. The third kappa shape index (κ3) is 4.12. The van der Waals surface area contributed by atoms with Crippen LogP contribution in [0.1, 0.15) is 23.6 Å². The molecule has 0 saturated carbocycles. The van der Waals surface area contributed by atoms with E-state index >= 15 is 0 Å². The van der Waals surface area contributed by atoms with Crippen LogP contribution in [-0.2, 0) is 9.59 Å². The van der Waals surface area contributed by atoms with Gasteiger partial charge in [0, 0.05) is 0 Å². The topological polar surface area (TPSA) is 98.1 Å². The van der Waals surface area contributed by atoms with Crippen molar-refractivity contribution in [1.82, 2.24) is 4.90 Å². The highest BCUT2D eigenvalue weighted by Crippen LogP contribution is 2.40. The predicted molar refractivity (Wildman–Crippen MR) is 106 cm³/mol. The number of carbonyl (C=O) groups excluding carboxylic acids is 1. The molecule has 2 aromatic rings. The van der Waals surface area contributed by atoms with Crippen molar-refractivity contribution in [2.75, 3.05) is 0 Å². The van der Waals surface area contributed by atoms with Gasteiger partial charge in [0.25, 0.3) is 5.91 Å². The van der Waals surface area contributed by atoms with Gasteiger partial charge in [0.05, 0.1) is 17.4 Å². The molecule has 8 heteroatoms. The fourth-order valence-electron chi connectivity index (χ4n) is 2.73. The maximum atomic E-state index is 12.9. The van der Waals surface area contributed by atoms with Gasteiger partial charge in [-0.1, -0.05) is 60.4 Å². The van der Waals surface area contributed by atoms with Crippen LogP contribution in [0.5, 0.6) is 11.5 Å². The molecule has 3 rings (SSSR count). The molecule has 1 amide bonds. The largest absolute Gasteiger partial charge is 0.504 e. The Hall–Kier alpha value is -2.84. The Morgan fingerprint density at radius 3 is 2.48 bits per heavy atom.